The van der Waals surface area contributed by atoms with Crippen molar-refractivity contribution in [1.82, 2.24) is 25.3 Å². The van der Waals surface area contributed by atoms with Gasteiger partial charge in [-0.3, -0.25) is 4.90 Å². The second-order valence-electron chi connectivity index (χ2n) is 10.5. The van der Waals surface area contributed by atoms with Crippen LogP contribution in [0.3, 0.4) is 0 Å². The van der Waals surface area contributed by atoms with E-state index in [1.54, 1.807) is 0 Å². The maximum atomic E-state index is 6.18. The third kappa shape index (κ3) is 5.51. The minimum Gasteiger partial charge on any atom is -0.477 e. The Labute approximate surface area is 213 Å². The number of hydrogen-bond acceptors (Lipinski definition) is 8. The van der Waals surface area contributed by atoms with Crippen LogP contribution in [0.5, 0.6) is 5.88 Å². The van der Waals surface area contributed by atoms with Gasteiger partial charge in [0.2, 0.25) is 5.88 Å². The largest absolute Gasteiger partial charge is 0.477 e. The Morgan fingerprint density at radius 3 is 2.83 bits per heavy atom. The number of anilines is 1. The van der Waals surface area contributed by atoms with Gasteiger partial charge in [0.25, 0.3) is 0 Å². The van der Waals surface area contributed by atoms with E-state index in [0.29, 0.717) is 12.0 Å². The molecule has 192 valence electrons. The third-order valence-electron chi connectivity index (χ3n) is 8.02. The number of piperidine rings is 1. The lowest BCUT2D eigenvalue weighted by Gasteiger charge is -2.46. The number of ether oxygens (including phenoxy) is 1. The topological polar surface area (TPSA) is 69.9 Å². The van der Waals surface area contributed by atoms with Crippen LogP contribution in [-0.2, 0) is 6.54 Å². The van der Waals surface area contributed by atoms with Crippen molar-refractivity contribution in [2.24, 2.45) is 5.92 Å². The van der Waals surface area contributed by atoms with E-state index >= 15 is 0 Å². The van der Waals surface area contributed by atoms with Crippen LogP contribution in [0, 0.1) is 5.92 Å². The molecule has 8 heteroatoms. The molecule has 2 atom stereocenters. The van der Waals surface area contributed by atoms with Crippen molar-refractivity contribution in [3.63, 3.8) is 0 Å². The minimum atomic E-state index is 0.546. The summed E-state index contributed by atoms with van der Waals surface area (Å²) in [5, 5.41) is 9.03. The van der Waals surface area contributed by atoms with Gasteiger partial charge in [0.1, 0.15) is 0 Å². The first-order valence-electron chi connectivity index (χ1n) is 13.7. The van der Waals surface area contributed by atoms with Gasteiger partial charge in [-0.2, -0.15) is 0 Å². The number of benzene rings is 1. The molecular formula is C28H38N6O2. The van der Waals surface area contributed by atoms with Crippen LogP contribution < -0.4 is 15.0 Å². The van der Waals surface area contributed by atoms with E-state index in [1.807, 2.05) is 18.2 Å². The SMILES string of the molecule is c1cc(CNCCN2CCCC2)nc(OC[C@@H]2CC[C@@H]3CN(c4noc5ccccc45)CCN3C2)c1. The molecule has 0 bridgehead atoms. The number of pyridine rings is 1. The van der Waals surface area contributed by atoms with Crippen LogP contribution in [-0.4, -0.2) is 84.9 Å². The highest BCUT2D eigenvalue weighted by Gasteiger charge is 2.34. The maximum Gasteiger partial charge on any atom is 0.213 e. The summed E-state index contributed by atoms with van der Waals surface area (Å²) >= 11 is 0. The predicted molar refractivity (Wildman–Crippen MR) is 141 cm³/mol. The van der Waals surface area contributed by atoms with Crippen LogP contribution in [0.25, 0.3) is 11.0 Å². The Morgan fingerprint density at radius 2 is 1.89 bits per heavy atom. The summed E-state index contributed by atoms with van der Waals surface area (Å²) in [4.78, 5) is 12.3. The first-order valence-corrected chi connectivity index (χ1v) is 13.7. The van der Waals surface area contributed by atoms with Gasteiger partial charge in [-0.05, 0) is 57.0 Å². The molecular weight excluding hydrogens is 452 g/mol. The van der Waals surface area contributed by atoms with Crippen LogP contribution in [0.1, 0.15) is 31.4 Å². The fraction of sp³-hybridized carbons (Fsp3) is 0.571. The van der Waals surface area contributed by atoms with Gasteiger partial charge < -0.3 is 24.4 Å². The van der Waals surface area contributed by atoms with Gasteiger partial charge in [0.05, 0.1) is 17.7 Å². The molecule has 2 aromatic heterocycles. The zero-order valence-electron chi connectivity index (χ0n) is 21.1. The molecule has 1 N–H and O–H groups in total. The van der Waals surface area contributed by atoms with Gasteiger partial charge >= 0.3 is 0 Å². The van der Waals surface area contributed by atoms with Crippen LogP contribution in [0.2, 0.25) is 0 Å². The average Bonchev–Trinajstić information content (AvgIpc) is 3.60. The molecule has 6 rings (SSSR count). The zero-order chi connectivity index (χ0) is 24.2. The van der Waals surface area contributed by atoms with E-state index in [0.717, 1.165) is 80.8 Å². The van der Waals surface area contributed by atoms with Crippen molar-refractivity contribution >= 4 is 16.8 Å². The van der Waals surface area contributed by atoms with Crippen LogP contribution in [0.15, 0.2) is 47.0 Å². The molecule has 0 spiro atoms. The number of para-hydroxylation sites is 1. The summed E-state index contributed by atoms with van der Waals surface area (Å²) in [6.45, 7) is 10.3. The number of rotatable bonds is 9. The first-order chi connectivity index (χ1) is 17.8. The third-order valence-corrected chi connectivity index (χ3v) is 8.02. The zero-order valence-corrected chi connectivity index (χ0v) is 21.1. The molecule has 0 aliphatic carbocycles. The van der Waals surface area contributed by atoms with Crippen molar-refractivity contribution in [2.75, 3.05) is 63.9 Å². The number of nitrogens with zero attached hydrogens (tertiary/aromatic N) is 5. The molecule has 0 unspecified atom stereocenters. The summed E-state index contributed by atoms with van der Waals surface area (Å²) in [5.74, 6) is 2.29. The second-order valence-corrected chi connectivity index (χ2v) is 10.5. The number of aromatic nitrogens is 2. The lowest BCUT2D eigenvalue weighted by molar-refractivity contribution is 0.0716. The Morgan fingerprint density at radius 1 is 0.972 bits per heavy atom. The van der Waals surface area contributed by atoms with E-state index in [4.69, 9.17) is 14.2 Å². The quantitative estimate of drug-likeness (QED) is 0.458. The molecule has 3 aliphatic heterocycles. The van der Waals surface area contributed by atoms with Gasteiger partial charge in [-0.15, -0.1) is 0 Å². The number of hydrogen-bond donors (Lipinski definition) is 1. The molecule has 3 saturated heterocycles. The highest BCUT2D eigenvalue weighted by molar-refractivity contribution is 5.88. The fourth-order valence-corrected chi connectivity index (χ4v) is 5.99. The lowest BCUT2D eigenvalue weighted by Crippen LogP contribution is -2.57. The van der Waals surface area contributed by atoms with Crippen LogP contribution >= 0.6 is 0 Å². The second kappa shape index (κ2) is 11.2. The van der Waals surface area contributed by atoms with Crippen molar-refractivity contribution < 1.29 is 9.26 Å². The number of fused-ring (bicyclic) bond motifs is 2. The van der Waals surface area contributed by atoms with Gasteiger partial charge in [0, 0.05) is 63.8 Å². The lowest BCUT2D eigenvalue weighted by atomic mass is 9.91. The Kier molecular flexibility index (Phi) is 7.34. The molecule has 36 heavy (non-hydrogen) atoms. The summed E-state index contributed by atoms with van der Waals surface area (Å²) in [7, 11) is 0. The molecule has 3 fully saturated rings. The van der Waals surface area contributed by atoms with E-state index in [1.165, 1.54) is 38.8 Å². The molecule has 8 nitrogen and oxygen atoms in total. The number of likely N-dealkylation sites (tertiary alicyclic amines) is 1. The monoisotopic (exact) mass is 490 g/mol. The van der Waals surface area contributed by atoms with Crippen molar-refractivity contribution in [2.45, 2.75) is 38.3 Å². The smallest absolute Gasteiger partial charge is 0.213 e. The van der Waals surface area contributed by atoms with Gasteiger partial charge in [-0.1, -0.05) is 23.4 Å². The standard InChI is InChI=1S/C28H38N6O2/c1-2-8-26-25(7-1)28(31-36-26)34-17-16-33-19-22(10-11-24(33)20-34)21-35-27-9-5-6-23(30-27)18-29-12-15-32-13-3-4-14-32/h1-2,5-9,22,24,29H,3-4,10-21H2/t22-,24-/m1/s1. The summed E-state index contributed by atoms with van der Waals surface area (Å²) in [5.41, 5.74) is 1.92. The minimum absolute atomic E-state index is 0.546. The van der Waals surface area contributed by atoms with Crippen molar-refractivity contribution in [3.05, 3.63) is 48.2 Å². The van der Waals surface area contributed by atoms with E-state index in [2.05, 4.69) is 49.4 Å². The average molecular weight is 491 g/mol. The number of nitrogens with one attached hydrogen (secondary N) is 1. The summed E-state index contributed by atoms with van der Waals surface area (Å²) in [6, 6.07) is 14.8. The molecule has 5 heterocycles. The molecule has 0 amide bonds. The van der Waals surface area contributed by atoms with E-state index in [9.17, 15) is 0 Å². The van der Waals surface area contributed by atoms with E-state index in [-0.39, 0.29) is 0 Å². The summed E-state index contributed by atoms with van der Waals surface area (Å²) in [6.07, 6.45) is 5.07. The highest BCUT2D eigenvalue weighted by Crippen LogP contribution is 2.31. The Hall–Kier alpha value is -2.68. The molecule has 0 saturated carbocycles. The fourth-order valence-electron chi connectivity index (χ4n) is 5.99. The molecule has 3 aromatic rings. The van der Waals surface area contributed by atoms with Gasteiger partial charge in [-0.25, -0.2) is 4.98 Å². The van der Waals surface area contributed by atoms with E-state index < -0.39 is 0 Å². The maximum absolute atomic E-state index is 6.18. The normalized spacial score (nSPS) is 23.3. The molecule has 3 aliphatic rings. The van der Waals surface area contributed by atoms with Crippen molar-refractivity contribution in [1.29, 1.82) is 0 Å². The highest BCUT2D eigenvalue weighted by atomic mass is 16.5. The van der Waals surface area contributed by atoms with Crippen molar-refractivity contribution in [3.8, 4) is 5.88 Å². The molecule has 0 radical (unpaired) electrons. The summed E-state index contributed by atoms with van der Waals surface area (Å²) < 4.78 is 11.7. The predicted octanol–water partition coefficient (Wildman–Crippen LogP) is 3.39. The number of piperazine rings is 1. The molecule has 1 aromatic carbocycles. The Bertz CT molecular complexity index is 1130. The first kappa shape index (κ1) is 23.7. The van der Waals surface area contributed by atoms with Crippen LogP contribution in [0.4, 0.5) is 5.82 Å². The van der Waals surface area contributed by atoms with Gasteiger partial charge in [0.15, 0.2) is 11.4 Å². The Balaban J connectivity index is 0.955.